The summed E-state index contributed by atoms with van der Waals surface area (Å²) in [5, 5.41) is 11.1. The van der Waals surface area contributed by atoms with Crippen molar-refractivity contribution in [3.05, 3.63) is 77.6 Å². The molecule has 25 heavy (non-hydrogen) atoms. The van der Waals surface area contributed by atoms with Gasteiger partial charge in [-0.3, -0.25) is 9.78 Å². The number of amides is 1. The summed E-state index contributed by atoms with van der Waals surface area (Å²) in [5.74, 6) is -0.470. The van der Waals surface area contributed by atoms with Crippen LogP contribution in [0, 0.1) is 6.07 Å². The van der Waals surface area contributed by atoms with Crippen molar-refractivity contribution in [1.82, 2.24) is 9.55 Å². The number of aromatic nitrogens is 2. The SMILES string of the molecule is NC(=O)c1cccc2c1c1[c]cc(CO)cc1n2Cc1ccccn1. The van der Waals surface area contributed by atoms with E-state index in [1.165, 1.54) is 0 Å². The van der Waals surface area contributed by atoms with Crippen LogP contribution in [0.25, 0.3) is 21.8 Å². The van der Waals surface area contributed by atoms with E-state index in [1.54, 1.807) is 18.3 Å². The van der Waals surface area contributed by atoms with Crippen molar-refractivity contribution < 1.29 is 9.90 Å². The molecule has 2 aromatic heterocycles. The van der Waals surface area contributed by atoms with Crippen LogP contribution in [0.1, 0.15) is 21.6 Å². The first-order valence-electron chi connectivity index (χ1n) is 7.95. The third kappa shape index (κ3) is 2.55. The molecule has 0 fully saturated rings. The van der Waals surface area contributed by atoms with E-state index < -0.39 is 5.91 Å². The minimum Gasteiger partial charge on any atom is -0.392 e. The topological polar surface area (TPSA) is 81.1 Å². The lowest BCUT2D eigenvalue weighted by Crippen LogP contribution is -2.11. The van der Waals surface area contributed by atoms with E-state index in [9.17, 15) is 9.90 Å². The highest BCUT2D eigenvalue weighted by molar-refractivity contribution is 6.17. The van der Waals surface area contributed by atoms with Gasteiger partial charge in [-0.25, -0.2) is 0 Å². The Hall–Kier alpha value is -3.18. The van der Waals surface area contributed by atoms with E-state index in [0.717, 1.165) is 33.1 Å². The molecule has 0 aliphatic heterocycles. The van der Waals surface area contributed by atoms with E-state index in [-0.39, 0.29) is 6.61 Å². The van der Waals surface area contributed by atoms with E-state index >= 15 is 0 Å². The molecule has 0 bridgehead atoms. The van der Waals surface area contributed by atoms with Gasteiger partial charge in [0.1, 0.15) is 0 Å². The highest BCUT2D eigenvalue weighted by Crippen LogP contribution is 2.32. The summed E-state index contributed by atoms with van der Waals surface area (Å²) in [5.41, 5.74) is 9.49. The number of benzene rings is 2. The molecule has 3 N–H and O–H groups in total. The van der Waals surface area contributed by atoms with Gasteiger partial charge in [0.25, 0.3) is 0 Å². The third-order valence-electron chi connectivity index (χ3n) is 4.35. The zero-order valence-corrected chi connectivity index (χ0v) is 13.4. The largest absolute Gasteiger partial charge is 0.392 e. The molecule has 123 valence electrons. The fourth-order valence-electron chi connectivity index (χ4n) is 3.22. The van der Waals surface area contributed by atoms with Crippen molar-refractivity contribution in [2.45, 2.75) is 13.2 Å². The van der Waals surface area contributed by atoms with Crippen LogP contribution in [0.15, 0.2) is 54.7 Å². The molecule has 4 aromatic rings. The summed E-state index contributed by atoms with van der Waals surface area (Å²) in [4.78, 5) is 16.3. The molecule has 1 radical (unpaired) electrons. The Balaban J connectivity index is 2.07. The third-order valence-corrected chi connectivity index (χ3v) is 4.35. The second-order valence-electron chi connectivity index (χ2n) is 5.90. The Morgan fingerprint density at radius 3 is 2.80 bits per heavy atom. The van der Waals surface area contributed by atoms with Gasteiger partial charge in [-0.2, -0.15) is 0 Å². The van der Waals surface area contributed by atoms with E-state index in [0.29, 0.717) is 12.1 Å². The highest BCUT2D eigenvalue weighted by atomic mass is 16.3. The molecule has 2 aromatic carbocycles. The number of carbonyl (C=O) groups excluding carboxylic acids is 1. The standard InChI is InChI=1S/C20H16N3O2/c21-20(25)16-5-3-6-17-19(16)15-8-7-13(12-24)10-18(15)23(17)11-14-4-1-2-9-22-14/h1-7,9-10,24H,11-12H2,(H2,21,25). The van der Waals surface area contributed by atoms with Crippen LogP contribution in [-0.2, 0) is 13.2 Å². The molecule has 4 rings (SSSR count). The maximum atomic E-state index is 11.9. The number of nitrogens with two attached hydrogens (primary N) is 1. The molecular formula is C20H16N3O2. The highest BCUT2D eigenvalue weighted by Gasteiger charge is 2.17. The molecule has 0 saturated heterocycles. The lowest BCUT2D eigenvalue weighted by molar-refractivity contribution is 0.100. The number of primary amides is 1. The van der Waals surface area contributed by atoms with Crippen molar-refractivity contribution in [2.75, 3.05) is 0 Å². The first-order valence-corrected chi connectivity index (χ1v) is 7.95. The van der Waals surface area contributed by atoms with Gasteiger partial charge in [0, 0.05) is 22.5 Å². The number of rotatable bonds is 4. The molecule has 0 atom stereocenters. The predicted molar refractivity (Wildman–Crippen MR) is 96.1 cm³/mol. The summed E-state index contributed by atoms with van der Waals surface area (Å²) in [7, 11) is 0. The first kappa shape index (κ1) is 15.4. The maximum absolute atomic E-state index is 11.9. The van der Waals surface area contributed by atoms with Crippen LogP contribution >= 0.6 is 0 Å². The Labute approximate surface area is 144 Å². The zero-order chi connectivity index (χ0) is 17.4. The summed E-state index contributed by atoms with van der Waals surface area (Å²) < 4.78 is 2.08. The van der Waals surface area contributed by atoms with Gasteiger partial charge in [0.15, 0.2) is 0 Å². The Bertz CT molecular complexity index is 1080. The molecule has 0 spiro atoms. The van der Waals surface area contributed by atoms with Gasteiger partial charge < -0.3 is 15.4 Å². The number of hydrogen-bond donors (Lipinski definition) is 2. The first-order chi connectivity index (χ1) is 12.2. The van der Waals surface area contributed by atoms with Crippen molar-refractivity contribution >= 4 is 27.7 Å². The van der Waals surface area contributed by atoms with Crippen LogP contribution < -0.4 is 5.73 Å². The fraction of sp³-hybridized carbons (Fsp3) is 0.100. The van der Waals surface area contributed by atoms with Crippen LogP contribution in [0.5, 0.6) is 0 Å². The molecule has 1 amide bonds. The number of aliphatic hydroxyl groups is 1. The van der Waals surface area contributed by atoms with Gasteiger partial charge in [0.05, 0.1) is 29.9 Å². The van der Waals surface area contributed by atoms with Gasteiger partial charge in [-0.15, -0.1) is 0 Å². The smallest absolute Gasteiger partial charge is 0.249 e. The molecule has 0 saturated carbocycles. The van der Waals surface area contributed by atoms with Crippen LogP contribution in [0.2, 0.25) is 0 Å². The predicted octanol–water partition coefficient (Wildman–Crippen LogP) is 2.63. The summed E-state index contributed by atoms with van der Waals surface area (Å²) in [6, 6.07) is 18.1. The number of pyridine rings is 1. The normalized spacial score (nSPS) is 11.2. The number of nitrogens with zero attached hydrogens (tertiary/aromatic N) is 2. The second-order valence-corrected chi connectivity index (χ2v) is 5.90. The molecule has 5 heteroatoms. The lowest BCUT2D eigenvalue weighted by atomic mass is 10.0. The lowest BCUT2D eigenvalue weighted by Gasteiger charge is -2.08. The van der Waals surface area contributed by atoms with Crippen LogP contribution in [0.3, 0.4) is 0 Å². The molecular weight excluding hydrogens is 314 g/mol. The molecule has 5 nitrogen and oxygen atoms in total. The van der Waals surface area contributed by atoms with E-state index in [2.05, 4.69) is 15.6 Å². The quantitative estimate of drug-likeness (QED) is 0.603. The maximum Gasteiger partial charge on any atom is 0.249 e. The molecule has 0 unspecified atom stereocenters. The van der Waals surface area contributed by atoms with Gasteiger partial charge >= 0.3 is 0 Å². The summed E-state index contributed by atoms with van der Waals surface area (Å²) in [6.45, 7) is 0.478. The number of hydrogen-bond acceptors (Lipinski definition) is 3. The van der Waals surface area contributed by atoms with Crippen molar-refractivity contribution in [3.8, 4) is 0 Å². The van der Waals surface area contributed by atoms with E-state index in [1.807, 2.05) is 36.4 Å². The van der Waals surface area contributed by atoms with Crippen molar-refractivity contribution in [2.24, 2.45) is 5.73 Å². The number of fused-ring (bicyclic) bond motifs is 3. The Morgan fingerprint density at radius 2 is 2.08 bits per heavy atom. The Morgan fingerprint density at radius 1 is 1.20 bits per heavy atom. The molecule has 0 aliphatic carbocycles. The summed E-state index contributed by atoms with van der Waals surface area (Å²) in [6.07, 6.45) is 1.75. The Kier molecular flexibility index (Phi) is 3.71. The second kappa shape index (κ2) is 6.03. The van der Waals surface area contributed by atoms with Gasteiger partial charge in [-0.05, 0) is 48.0 Å². The van der Waals surface area contributed by atoms with Crippen LogP contribution in [-0.4, -0.2) is 20.6 Å². The van der Waals surface area contributed by atoms with Gasteiger partial charge in [0.2, 0.25) is 5.91 Å². The zero-order valence-electron chi connectivity index (χ0n) is 13.4. The fourth-order valence-corrected chi connectivity index (χ4v) is 3.22. The average molecular weight is 330 g/mol. The molecule has 2 heterocycles. The minimum atomic E-state index is -0.470. The van der Waals surface area contributed by atoms with Crippen molar-refractivity contribution in [3.63, 3.8) is 0 Å². The summed E-state index contributed by atoms with van der Waals surface area (Å²) >= 11 is 0. The number of carbonyl (C=O) groups is 1. The minimum absolute atomic E-state index is 0.0692. The molecule has 0 aliphatic rings. The monoisotopic (exact) mass is 330 g/mol. The van der Waals surface area contributed by atoms with Gasteiger partial charge in [-0.1, -0.05) is 12.1 Å². The van der Waals surface area contributed by atoms with E-state index in [4.69, 9.17) is 5.73 Å². The average Bonchev–Trinajstić information content (AvgIpc) is 2.95. The number of aliphatic hydroxyl groups excluding tert-OH is 1. The van der Waals surface area contributed by atoms with Crippen LogP contribution in [0.4, 0.5) is 0 Å². The van der Waals surface area contributed by atoms with Crippen molar-refractivity contribution in [1.29, 1.82) is 0 Å².